The van der Waals surface area contributed by atoms with Crippen LogP contribution in [0.25, 0.3) is 0 Å². The highest BCUT2D eigenvalue weighted by Crippen LogP contribution is 2.25. The summed E-state index contributed by atoms with van der Waals surface area (Å²) in [6.07, 6.45) is 11.7. The molecule has 0 amide bonds. The van der Waals surface area contributed by atoms with Crippen LogP contribution in [0.1, 0.15) is 38.2 Å². The minimum atomic E-state index is 0.658. The molecular formula is C17H22Cl2N2. The highest BCUT2D eigenvalue weighted by Gasteiger charge is 2.11. The van der Waals surface area contributed by atoms with Gasteiger partial charge in [0.25, 0.3) is 0 Å². The molecule has 0 aliphatic rings. The Labute approximate surface area is 137 Å². The quantitative estimate of drug-likeness (QED) is 0.615. The minimum absolute atomic E-state index is 0.658. The highest BCUT2D eigenvalue weighted by atomic mass is 35.5. The lowest BCUT2D eigenvalue weighted by Crippen LogP contribution is -2.11. The smallest absolute Gasteiger partial charge is 0.0945 e. The Hall–Kier alpha value is -0.990. The van der Waals surface area contributed by atoms with Gasteiger partial charge in [0, 0.05) is 29.0 Å². The summed E-state index contributed by atoms with van der Waals surface area (Å²) in [5.74, 6) is 0.658. The van der Waals surface area contributed by atoms with Gasteiger partial charge in [-0.15, -0.1) is 0 Å². The highest BCUT2D eigenvalue weighted by molar-refractivity contribution is 6.35. The molecule has 0 saturated heterocycles. The fourth-order valence-corrected chi connectivity index (χ4v) is 3.10. The van der Waals surface area contributed by atoms with E-state index < -0.39 is 0 Å². The number of nitrogens with zero attached hydrogens (tertiary/aromatic N) is 2. The molecule has 21 heavy (non-hydrogen) atoms. The van der Waals surface area contributed by atoms with E-state index in [4.69, 9.17) is 23.2 Å². The SMILES string of the molecule is CCCCC(CCc1ccc(Cl)cc1Cl)Cn1ccnc1. The van der Waals surface area contributed by atoms with Crippen molar-refractivity contribution in [3.63, 3.8) is 0 Å². The first kappa shape index (κ1) is 16.4. The second kappa shape index (κ2) is 8.45. The van der Waals surface area contributed by atoms with Crippen molar-refractivity contribution in [3.05, 3.63) is 52.5 Å². The predicted molar refractivity (Wildman–Crippen MR) is 90.0 cm³/mol. The molecule has 1 atom stereocenters. The molecule has 0 fully saturated rings. The third kappa shape index (κ3) is 5.37. The molecule has 1 unspecified atom stereocenters. The number of rotatable bonds is 8. The number of unbranched alkanes of at least 4 members (excludes halogenated alkanes) is 1. The molecule has 2 aromatic rings. The standard InChI is InChI=1S/C17H22Cl2N2/c1-2-3-4-14(12-21-10-9-20-13-21)5-6-15-7-8-16(18)11-17(15)19/h7-11,13-14H,2-6,12H2,1H3. The summed E-state index contributed by atoms with van der Waals surface area (Å²) >= 11 is 12.2. The molecule has 0 bridgehead atoms. The van der Waals surface area contributed by atoms with Gasteiger partial charge in [-0.2, -0.15) is 0 Å². The maximum atomic E-state index is 6.26. The van der Waals surface area contributed by atoms with Crippen LogP contribution in [0.15, 0.2) is 36.9 Å². The van der Waals surface area contributed by atoms with Gasteiger partial charge >= 0.3 is 0 Å². The maximum absolute atomic E-state index is 6.26. The topological polar surface area (TPSA) is 17.8 Å². The van der Waals surface area contributed by atoms with Crippen molar-refractivity contribution in [2.24, 2.45) is 5.92 Å². The van der Waals surface area contributed by atoms with E-state index in [-0.39, 0.29) is 0 Å². The summed E-state index contributed by atoms with van der Waals surface area (Å²) in [5.41, 5.74) is 1.19. The van der Waals surface area contributed by atoms with Crippen molar-refractivity contribution in [2.45, 2.75) is 45.6 Å². The maximum Gasteiger partial charge on any atom is 0.0945 e. The van der Waals surface area contributed by atoms with Crippen LogP contribution in [0.2, 0.25) is 10.0 Å². The fourth-order valence-electron chi connectivity index (χ4n) is 2.60. The number of benzene rings is 1. The van der Waals surface area contributed by atoms with E-state index in [0.717, 1.165) is 24.4 Å². The molecule has 0 saturated carbocycles. The Morgan fingerprint density at radius 3 is 2.76 bits per heavy atom. The Morgan fingerprint density at radius 2 is 2.10 bits per heavy atom. The third-order valence-electron chi connectivity index (χ3n) is 3.83. The molecule has 0 radical (unpaired) electrons. The summed E-state index contributed by atoms with van der Waals surface area (Å²) in [7, 11) is 0. The van der Waals surface area contributed by atoms with E-state index in [2.05, 4.69) is 16.5 Å². The number of hydrogen-bond donors (Lipinski definition) is 0. The molecular weight excluding hydrogens is 303 g/mol. The Morgan fingerprint density at radius 1 is 1.24 bits per heavy atom. The van der Waals surface area contributed by atoms with Gasteiger partial charge in [0.2, 0.25) is 0 Å². The van der Waals surface area contributed by atoms with Crippen molar-refractivity contribution in [1.29, 1.82) is 0 Å². The number of imidazole rings is 1. The number of halogens is 2. The molecule has 1 aromatic heterocycles. The van der Waals surface area contributed by atoms with E-state index in [0.29, 0.717) is 10.9 Å². The van der Waals surface area contributed by atoms with E-state index in [1.807, 2.05) is 36.9 Å². The van der Waals surface area contributed by atoms with Gasteiger partial charge in [-0.3, -0.25) is 0 Å². The molecule has 0 aliphatic heterocycles. The van der Waals surface area contributed by atoms with E-state index in [1.54, 1.807) is 0 Å². The first-order chi connectivity index (χ1) is 10.2. The van der Waals surface area contributed by atoms with Crippen LogP contribution < -0.4 is 0 Å². The lowest BCUT2D eigenvalue weighted by Gasteiger charge is -2.17. The van der Waals surface area contributed by atoms with Crippen LogP contribution in [0.5, 0.6) is 0 Å². The van der Waals surface area contributed by atoms with Crippen LogP contribution >= 0.6 is 23.2 Å². The van der Waals surface area contributed by atoms with E-state index in [9.17, 15) is 0 Å². The van der Waals surface area contributed by atoms with Crippen molar-refractivity contribution in [2.75, 3.05) is 0 Å². The Kier molecular flexibility index (Phi) is 6.59. The zero-order valence-electron chi connectivity index (χ0n) is 12.4. The van der Waals surface area contributed by atoms with Gasteiger partial charge < -0.3 is 4.57 Å². The van der Waals surface area contributed by atoms with Crippen LogP contribution in [-0.4, -0.2) is 9.55 Å². The lowest BCUT2D eigenvalue weighted by molar-refractivity contribution is 0.377. The molecule has 1 aromatic carbocycles. The van der Waals surface area contributed by atoms with Gasteiger partial charge in [0.1, 0.15) is 0 Å². The molecule has 0 spiro atoms. The molecule has 0 aliphatic carbocycles. The predicted octanol–water partition coefficient (Wildman–Crippen LogP) is 5.63. The molecule has 1 heterocycles. The number of hydrogen-bond acceptors (Lipinski definition) is 1. The van der Waals surface area contributed by atoms with Gasteiger partial charge in [-0.1, -0.05) is 49.0 Å². The van der Waals surface area contributed by atoms with Gasteiger partial charge in [0.05, 0.1) is 6.33 Å². The van der Waals surface area contributed by atoms with Crippen molar-refractivity contribution < 1.29 is 0 Å². The van der Waals surface area contributed by atoms with Crippen LogP contribution in [0, 0.1) is 5.92 Å². The average molecular weight is 325 g/mol. The Balaban J connectivity index is 1.94. The largest absolute Gasteiger partial charge is 0.337 e. The van der Waals surface area contributed by atoms with Crippen LogP contribution in [-0.2, 0) is 13.0 Å². The van der Waals surface area contributed by atoms with Crippen molar-refractivity contribution in [3.8, 4) is 0 Å². The zero-order chi connectivity index (χ0) is 15.1. The van der Waals surface area contributed by atoms with Crippen molar-refractivity contribution in [1.82, 2.24) is 9.55 Å². The van der Waals surface area contributed by atoms with Crippen molar-refractivity contribution >= 4 is 23.2 Å². The second-order valence-electron chi connectivity index (χ2n) is 5.54. The Bertz CT molecular complexity index is 538. The monoisotopic (exact) mass is 324 g/mol. The third-order valence-corrected chi connectivity index (χ3v) is 4.42. The first-order valence-corrected chi connectivity index (χ1v) is 8.34. The molecule has 0 N–H and O–H groups in total. The summed E-state index contributed by atoms with van der Waals surface area (Å²) in [4.78, 5) is 4.12. The molecule has 4 heteroatoms. The van der Waals surface area contributed by atoms with Gasteiger partial charge in [-0.25, -0.2) is 4.98 Å². The molecule has 2 nitrogen and oxygen atoms in total. The average Bonchev–Trinajstić information content (AvgIpc) is 2.96. The number of aromatic nitrogens is 2. The fraction of sp³-hybridized carbons (Fsp3) is 0.471. The van der Waals surface area contributed by atoms with E-state index >= 15 is 0 Å². The summed E-state index contributed by atoms with van der Waals surface area (Å²) in [6.45, 7) is 3.27. The van der Waals surface area contributed by atoms with E-state index in [1.165, 1.54) is 24.8 Å². The lowest BCUT2D eigenvalue weighted by atomic mass is 9.94. The summed E-state index contributed by atoms with van der Waals surface area (Å²) in [6, 6.07) is 5.79. The molecule has 114 valence electrons. The first-order valence-electron chi connectivity index (χ1n) is 7.58. The van der Waals surface area contributed by atoms with Crippen LogP contribution in [0.4, 0.5) is 0 Å². The summed E-state index contributed by atoms with van der Waals surface area (Å²) in [5, 5.41) is 1.48. The minimum Gasteiger partial charge on any atom is -0.337 e. The van der Waals surface area contributed by atoms with Crippen LogP contribution in [0.3, 0.4) is 0 Å². The van der Waals surface area contributed by atoms with Gasteiger partial charge in [0.15, 0.2) is 0 Å². The van der Waals surface area contributed by atoms with Gasteiger partial charge in [-0.05, 0) is 42.9 Å². The zero-order valence-corrected chi connectivity index (χ0v) is 13.9. The number of aryl methyl sites for hydroxylation is 1. The summed E-state index contributed by atoms with van der Waals surface area (Å²) < 4.78 is 2.17. The molecule has 2 rings (SSSR count). The normalized spacial score (nSPS) is 12.5. The second-order valence-corrected chi connectivity index (χ2v) is 6.39.